The second kappa shape index (κ2) is 5.51. The Balaban J connectivity index is 2.14. The standard InChI is InChI=1S/C24H28N2/c1-23(2,3)18-11-9-13-20-17(18)14-22(24(4,5)6)26(20)21-15-25-19-12-8-7-10-16(19)21/h7-15,25H,1-6H3. The largest absolute Gasteiger partial charge is 0.359 e. The maximum atomic E-state index is 3.44. The molecule has 0 atom stereocenters. The Kier molecular flexibility index (Phi) is 3.59. The van der Waals surface area contributed by atoms with E-state index >= 15 is 0 Å². The molecule has 0 spiro atoms. The van der Waals surface area contributed by atoms with Crippen LogP contribution in [0.15, 0.2) is 54.7 Å². The van der Waals surface area contributed by atoms with E-state index in [1.165, 1.54) is 38.8 Å². The van der Waals surface area contributed by atoms with E-state index in [1.54, 1.807) is 0 Å². The van der Waals surface area contributed by atoms with Gasteiger partial charge >= 0.3 is 0 Å². The number of aromatic nitrogens is 2. The summed E-state index contributed by atoms with van der Waals surface area (Å²) in [5.74, 6) is 0. The van der Waals surface area contributed by atoms with Gasteiger partial charge in [0, 0.05) is 33.6 Å². The van der Waals surface area contributed by atoms with Crippen LogP contribution in [0.5, 0.6) is 0 Å². The third-order valence-corrected chi connectivity index (χ3v) is 5.23. The fraction of sp³-hybridized carbons (Fsp3) is 0.333. The maximum absolute atomic E-state index is 3.44. The lowest BCUT2D eigenvalue weighted by atomic mass is 9.84. The SMILES string of the molecule is CC(C)(C)c1cccc2c1cc(C(C)(C)C)n2-c1c[nH]c2ccccc12. The molecule has 0 saturated carbocycles. The lowest BCUT2D eigenvalue weighted by Gasteiger charge is -2.22. The molecule has 0 fully saturated rings. The highest BCUT2D eigenvalue weighted by Crippen LogP contribution is 2.38. The summed E-state index contributed by atoms with van der Waals surface area (Å²) in [6.07, 6.45) is 2.14. The van der Waals surface area contributed by atoms with Crippen molar-refractivity contribution in [3.63, 3.8) is 0 Å². The second-order valence-corrected chi connectivity index (χ2v) is 9.32. The first-order chi connectivity index (χ1) is 12.2. The van der Waals surface area contributed by atoms with E-state index in [1.807, 2.05) is 0 Å². The van der Waals surface area contributed by atoms with Crippen LogP contribution < -0.4 is 0 Å². The topological polar surface area (TPSA) is 20.7 Å². The Morgan fingerprint density at radius 1 is 0.769 bits per heavy atom. The van der Waals surface area contributed by atoms with Gasteiger partial charge in [0.2, 0.25) is 0 Å². The van der Waals surface area contributed by atoms with Crippen LogP contribution in [-0.2, 0) is 10.8 Å². The van der Waals surface area contributed by atoms with Crippen LogP contribution in [-0.4, -0.2) is 9.55 Å². The van der Waals surface area contributed by atoms with Gasteiger partial charge in [0.15, 0.2) is 0 Å². The van der Waals surface area contributed by atoms with Crippen molar-refractivity contribution in [1.82, 2.24) is 9.55 Å². The number of nitrogens with one attached hydrogen (secondary N) is 1. The zero-order valence-electron chi connectivity index (χ0n) is 16.6. The van der Waals surface area contributed by atoms with Crippen molar-refractivity contribution < 1.29 is 0 Å². The van der Waals surface area contributed by atoms with E-state index in [2.05, 4.69) is 106 Å². The van der Waals surface area contributed by atoms with Gasteiger partial charge in [0.25, 0.3) is 0 Å². The van der Waals surface area contributed by atoms with E-state index in [-0.39, 0.29) is 10.8 Å². The normalized spacial score (nSPS) is 13.0. The minimum absolute atomic E-state index is 0.0482. The Morgan fingerprint density at radius 3 is 2.19 bits per heavy atom. The Morgan fingerprint density at radius 2 is 1.50 bits per heavy atom. The molecule has 0 amide bonds. The van der Waals surface area contributed by atoms with Gasteiger partial charge in [-0.2, -0.15) is 0 Å². The predicted molar refractivity (Wildman–Crippen MR) is 113 cm³/mol. The van der Waals surface area contributed by atoms with Gasteiger partial charge in [0.05, 0.1) is 11.2 Å². The summed E-state index contributed by atoms with van der Waals surface area (Å²) in [5, 5.41) is 2.62. The number of aromatic amines is 1. The number of nitrogens with zero attached hydrogens (tertiary/aromatic N) is 1. The molecule has 2 heteroatoms. The van der Waals surface area contributed by atoms with Crippen LogP contribution >= 0.6 is 0 Å². The summed E-state index contributed by atoms with van der Waals surface area (Å²) in [4.78, 5) is 3.44. The van der Waals surface area contributed by atoms with E-state index in [4.69, 9.17) is 0 Å². The highest BCUT2D eigenvalue weighted by molar-refractivity contribution is 5.94. The summed E-state index contributed by atoms with van der Waals surface area (Å²) in [6, 6.07) is 17.7. The number of fused-ring (bicyclic) bond motifs is 2. The number of para-hydroxylation sites is 1. The molecule has 0 aliphatic carbocycles. The molecule has 0 radical (unpaired) electrons. The average Bonchev–Trinajstić information content (AvgIpc) is 3.13. The van der Waals surface area contributed by atoms with E-state index in [0.29, 0.717) is 0 Å². The zero-order valence-corrected chi connectivity index (χ0v) is 16.6. The number of H-pyrrole nitrogens is 1. The molecule has 0 saturated heterocycles. The molecular formula is C24H28N2. The van der Waals surface area contributed by atoms with Crippen molar-refractivity contribution in [1.29, 1.82) is 0 Å². The van der Waals surface area contributed by atoms with Crippen molar-refractivity contribution in [2.75, 3.05) is 0 Å². The third kappa shape index (κ3) is 2.56. The van der Waals surface area contributed by atoms with Crippen LogP contribution in [0.3, 0.4) is 0 Å². The fourth-order valence-corrected chi connectivity index (χ4v) is 3.94. The molecule has 1 N–H and O–H groups in total. The second-order valence-electron chi connectivity index (χ2n) is 9.32. The Labute approximate surface area is 155 Å². The molecule has 0 unspecified atom stereocenters. The number of hydrogen-bond acceptors (Lipinski definition) is 0. The van der Waals surface area contributed by atoms with Crippen molar-refractivity contribution in [3.8, 4) is 5.69 Å². The smallest absolute Gasteiger partial charge is 0.0712 e. The van der Waals surface area contributed by atoms with E-state index in [0.717, 1.165) is 0 Å². The zero-order chi connectivity index (χ0) is 18.7. The van der Waals surface area contributed by atoms with E-state index < -0.39 is 0 Å². The summed E-state index contributed by atoms with van der Waals surface area (Å²) in [6.45, 7) is 13.8. The quantitative estimate of drug-likeness (QED) is 0.396. The number of hydrogen-bond donors (Lipinski definition) is 1. The summed E-state index contributed by atoms with van der Waals surface area (Å²) in [7, 11) is 0. The van der Waals surface area contributed by atoms with Crippen molar-refractivity contribution >= 4 is 21.8 Å². The van der Waals surface area contributed by atoms with Gasteiger partial charge in [-0.25, -0.2) is 0 Å². The van der Waals surface area contributed by atoms with Gasteiger partial charge in [-0.05, 0) is 29.2 Å². The van der Waals surface area contributed by atoms with Gasteiger partial charge in [-0.15, -0.1) is 0 Å². The summed E-state index contributed by atoms with van der Waals surface area (Å²) < 4.78 is 2.45. The summed E-state index contributed by atoms with van der Waals surface area (Å²) in [5.41, 5.74) is 6.59. The monoisotopic (exact) mass is 344 g/mol. The molecule has 2 aromatic carbocycles. The first kappa shape index (κ1) is 17.0. The highest BCUT2D eigenvalue weighted by Gasteiger charge is 2.26. The molecule has 2 nitrogen and oxygen atoms in total. The lowest BCUT2D eigenvalue weighted by Crippen LogP contribution is -2.16. The lowest BCUT2D eigenvalue weighted by molar-refractivity contribution is 0.560. The highest BCUT2D eigenvalue weighted by atomic mass is 15.0. The number of rotatable bonds is 1. The molecule has 0 aliphatic rings. The van der Waals surface area contributed by atoms with E-state index in [9.17, 15) is 0 Å². The van der Waals surface area contributed by atoms with Crippen molar-refractivity contribution in [3.05, 3.63) is 66.0 Å². The molecule has 26 heavy (non-hydrogen) atoms. The fourth-order valence-electron chi connectivity index (χ4n) is 3.94. The van der Waals surface area contributed by atoms with Crippen molar-refractivity contribution in [2.45, 2.75) is 52.4 Å². The predicted octanol–water partition coefficient (Wildman–Crippen LogP) is 6.71. The molecule has 0 bridgehead atoms. The average molecular weight is 345 g/mol. The van der Waals surface area contributed by atoms with Gasteiger partial charge < -0.3 is 9.55 Å². The minimum atomic E-state index is 0.0482. The molecule has 4 rings (SSSR count). The van der Waals surface area contributed by atoms with Crippen LogP contribution in [0.1, 0.15) is 52.8 Å². The van der Waals surface area contributed by atoms with Crippen LogP contribution in [0, 0.1) is 0 Å². The summed E-state index contributed by atoms with van der Waals surface area (Å²) >= 11 is 0. The first-order valence-corrected chi connectivity index (χ1v) is 9.40. The Hall–Kier alpha value is -2.48. The van der Waals surface area contributed by atoms with Crippen LogP contribution in [0.4, 0.5) is 0 Å². The first-order valence-electron chi connectivity index (χ1n) is 9.40. The minimum Gasteiger partial charge on any atom is -0.359 e. The molecule has 2 heterocycles. The van der Waals surface area contributed by atoms with Crippen molar-refractivity contribution in [2.24, 2.45) is 0 Å². The molecule has 0 aliphatic heterocycles. The van der Waals surface area contributed by atoms with Gasteiger partial charge in [-0.1, -0.05) is 71.9 Å². The van der Waals surface area contributed by atoms with Crippen LogP contribution in [0.25, 0.3) is 27.5 Å². The van der Waals surface area contributed by atoms with Gasteiger partial charge in [-0.3, -0.25) is 0 Å². The van der Waals surface area contributed by atoms with Gasteiger partial charge in [0.1, 0.15) is 0 Å². The molecular weight excluding hydrogens is 316 g/mol. The van der Waals surface area contributed by atoms with Crippen LogP contribution in [0.2, 0.25) is 0 Å². The third-order valence-electron chi connectivity index (χ3n) is 5.23. The molecule has 2 aromatic heterocycles. The molecule has 4 aromatic rings. The maximum Gasteiger partial charge on any atom is 0.0712 e. The Bertz CT molecular complexity index is 1090. The molecule has 134 valence electrons. The number of benzene rings is 2.